The molecule has 0 spiro atoms. The lowest BCUT2D eigenvalue weighted by molar-refractivity contribution is 0.344. The Balaban J connectivity index is 2.12. The van der Waals surface area contributed by atoms with Gasteiger partial charge in [-0.15, -0.1) is 0 Å². The van der Waals surface area contributed by atoms with E-state index in [0.717, 1.165) is 0 Å². The molecule has 0 aliphatic rings. The quantitative estimate of drug-likeness (QED) is 0.674. The maximum atomic E-state index is 14.2. The number of nitriles is 1. The van der Waals surface area contributed by atoms with E-state index < -0.39 is 11.7 Å². The molecule has 0 bridgehead atoms. The van der Waals surface area contributed by atoms with Gasteiger partial charge in [-0.05, 0) is 57.9 Å². The molecule has 31 heavy (non-hydrogen) atoms. The summed E-state index contributed by atoms with van der Waals surface area (Å²) in [6.07, 6.45) is -0.361. The van der Waals surface area contributed by atoms with Gasteiger partial charge in [0.1, 0.15) is 23.4 Å². The predicted octanol–water partition coefficient (Wildman–Crippen LogP) is 3.30. The van der Waals surface area contributed by atoms with Crippen LogP contribution >= 0.6 is 0 Å². The Morgan fingerprint density at radius 3 is 2.39 bits per heavy atom. The number of nitrogens with zero attached hydrogens (tertiary/aromatic N) is 4. The molecular weight excluding hydrogens is 401 g/mol. The third-order valence-electron chi connectivity index (χ3n) is 4.86. The summed E-state index contributed by atoms with van der Waals surface area (Å²) in [5.41, 5.74) is 1.35. The minimum Gasteiger partial charge on any atom is -0.449 e. The summed E-state index contributed by atoms with van der Waals surface area (Å²) in [7, 11) is 0. The van der Waals surface area contributed by atoms with Crippen molar-refractivity contribution in [3.8, 4) is 17.6 Å². The number of aryl methyl sites for hydroxylation is 4. The largest absolute Gasteiger partial charge is 0.449 e. The molecule has 1 N–H and O–H groups in total. The van der Waals surface area contributed by atoms with E-state index in [0.29, 0.717) is 39.5 Å². The van der Waals surface area contributed by atoms with Crippen molar-refractivity contribution in [1.29, 1.82) is 5.26 Å². The van der Waals surface area contributed by atoms with E-state index in [2.05, 4.69) is 21.0 Å². The Kier molecular flexibility index (Phi) is 6.02. The van der Waals surface area contributed by atoms with E-state index in [9.17, 15) is 14.0 Å². The minimum atomic E-state index is -1.55. The molecule has 1 atom stereocenters. The van der Waals surface area contributed by atoms with Gasteiger partial charge in [-0.25, -0.2) is 14.4 Å². The summed E-state index contributed by atoms with van der Waals surface area (Å²) in [5.74, 6) is 0.556. The van der Waals surface area contributed by atoms with Gasteiger partial charge in [-0.3, -0.25) is 14.2 Å². The second kappa shape index (κ2) is 8.52. The number of ether oxygens (including phenoxy) is 1. The first-order valence-corrected chi connectivity index (χ1v) is 9.61. The van der Waals surface area contributed by atoms with Crippen molar-refractivity contribution in [2.45, 2.75) is 47.3 Å². The number of aromatic amines is 1. The molecule has 160 valence electrons. The first kappa shape index (κ1) is 21.9. The molecule has 8 nitrogen and oxygen atoms in total. The third-order valence-corrected chi connectivity index (χ3v) is 4.86. The average Bonchev–Trinajstić information content (AvgIpc) is 2.68. The predicted molar refractivity (Wildman–Crippen MR) is 112 cm³/mol. The van der Waals surface area contributed by atoms with Gasteiger partial charge in [0.15, 0.2) is 0 Å². The lowest BCUT2D eigenvalue weighted by Crippen LogP contribution is -2.28. The van der Waals surface area contributed by atoms with Gasteiger partial charge in [0.2, 0.25) is 5.75 Å². The monoisotopic (exact) mass is 423 g/mol. The maximum Gasteiger partial charge on any atom is 0.297 e. The summed E-state index contributed by atoms with van der Waals surface area (Å²) < 4.78 is 21.3. The Hall–Kier alpha value is -3.80. The number of halogens is 1. The lowest BCUT2D eigenvalue weighted by Gasteiger charge is -2.16. The molecule has 0 unspecified atom stereocenters. The molecule has 3 aromatic rings. The molecule has 1 aromatic carbocycles. The highest BCUT2D eigenvalue weighted by atomic mass is 19.1. The molecule has 0 saturated carbocycles. The van der Waals surface area contributed by atoms with E-state index in [4.69, 9.17) is 10.00 Å². The Labute approximate surface area is 178 Å². The van der Waals surface area contributed by atoms with Crippen molar-refractivity contribution in [1.82, 2.24) is 19.5 Å². The fourth-order valence-corrected chi connectivity index (χ4v) is 3.36. The van der Waals surface area contributed by atoms with Crippen LogP contribution in [0.3, 0.4) is 0 Å². The maximum absolute atomic E-state index is 14.2. The van der Waals surface area contributed by atoms with Crippen LogP contribution in [-0.2, 0) is 6.54 Å². The topological polar surface area (TPSA) is 114 Å². The normalized spacial score (nSPS) is 11.8. The van der Waals surface area contributed by atoms with E-state index >= 15 is 0 Å². The highest BCUT2D eigenvalue weighted by Gasteiger charge is 2.22. The molecular formula is C22H22FN5O3. The molecule has 0 aliphatic carbocycles. The fraction of sp³-hybridized carbons (Fsp3) is 0.318. The van der Waals surface area contributed by atoms with Gasteiger partial charge < -0.3 is 9.72 Å². The first-order chi connectivity index (χ1) is 14.6. The zero-order chi connectivity index (χ0) is 22.9. The van der Waals surface area contributed by atoms with Crippen LogP contribution in [0.25, 0.3) is 0 Å². The van der Waals surface area contributed by atoms with Gasteiger partial charge in [-0.2, -0.15) is 5.26 Å². The highest BCUT2D eigenvalue weighted by Crippen LogP contribution is 2.32. The van der Waals surface area contributed by atoms with Gasteiger partial charge in [-0.1, -0.05) is 0 Å². The van der Waals surface area contributed by atoms with Crippen molar-refractivity contribution in [3.63, 3.8) is 0 Å². The van der Waals surface area contributed by atoms with Crippen LogP contribution < -0.4 is 15.9 Å². The van der Waals surface area contributed by atoms with Crippen LogP contribution in [0.5, 0.6) is 11.5 Å². The molecule has 2 heterocycles. The van der Waals surface area contributed by atoms with Crippen LogP contribution in [-0.4, -0.2) is 19.5 Å². The standard InChI is InChI=1S/C22H22FN5O3/c1-11-6-16(8-24)7-12(2)19(11)31-20-18(13(3)23)25-10-28(22(20)30)9-17-14(4)26-15(5)27-21(17)29/h6-7,10,13H,9H2,1-5H3,(H,26,27,29)/t13-/m1/s1. The number of H-pyrrole nitrogens is 1. The summed E-state index contributed by atoms with van der Waals surface area (Å²) in [6, 6.07) is 5.30. The molecule has 9 heteroatoms. The van der Waals surface area contributed by atoms with Crippen molar-refractivity contribution in [2.24, 2.45) is 0 Å². The molecule has 0 radical (unpaired) electrons. The van der Waals surface area contributed by atoms with E-state index in [1.807, 2.05) is 0 Å². The number of hydrogen-bond donors (Lipinski definition) is 1. The van der Waals surface area contributed by atoms with E-state index in [1.54, 1.807) is 39.8 Å². The molecule has 2 aromatic heterocycles. The molecule has 0 aliphatic heterocycles. The second-order valence-electron chi connectivity index (χ2n) is 7.38. The Bertz CT molecular complexity index is 1300. The minimum absolute atomic E-state index is 0.0943. The van der Waals surface area contributed by atoms with Crippen LogP contribution in [0.2, 0.25) is 0 Å². The zero-order valence-electron chi connectivity index (χ0n) is 17.9. The van der Waals surface area contributed by atoms with Crippen molar-refractivity contribution < 1.29 is 9.13 Å². The zero-order valence-corrected chi connectivity index (χ0v) is 17.9. The van der Waals surface area contributed by atoms with Gasteiger partial charge in [0.05, 0.1) is 30.1 Å². The van der Waals surface area contributed by atoms with Crippen LogP contribution in [0.1, 0.15) is 52.6 Å². The summed E-state index contributed by atoms with van der Waals surface area (Å²) in [5, 5.41) is 9.13. The summed E-state index contributed by atoms with van der Waals surface area (Å²) >= 11 is 0. The van der Waals surface area contributed by atoms with Crippen molar-refractivity contribution in [3.05, 3.63) is 78.6 Å². The Morgan fingerprint density at radius 2 is 1.84 bits per heavy atom. The number of aromatic nitrogens is 4. The van der Waals surface area contributed by atoms with Gasteiger partial charge in [0.25, 0.3) is 11.1 Å². The molecule has 0 saturated heterocycles. The van der Waals surface area contributed by atoms with Gasteiger partial charge >= 0.3 is 0 Å². The molecule has 3 rings (SSSR count). The number of rotatable bonds is 5. The fourth-order valence-electron chi connectivity index (χ4n) is 3.36. The van der Waals surface area contributed by atoms with Crippen LogP contribution in [0.15, 0.2) is 28.0 Å². The number of benzene rings is 1. The van der Waals surface area contributed by atoms with Crippen LogP contribution in [0, 0.1) is 39.0 Å². The third kappa shape index (κ3) is 4.38. The average molecular weight is 423 g/mol. The highest BCUT2D eigenvalue weighted by molar-refractivity contribution is 5.49. The Morgan fingerprint density at radius 1 is 1.19 bits per heavy atom. The van der Waals surface area contributed by atoms with Crippen molar-refractivity contribution >= 4 is 0 Å². The summed E-state index contributed by atoms with van der Waals surface area (Å²) in [6.45, 7) is 7.97. The van der Waals surface area contributed by atoms with E-state index in [1.165, 1.54) is 17.8 Å². The molecule has 0 amide bonds. The van der Waals surface area contributed by atoms with E-state index in [-0.39, 0.29) is 23.5 Å². The molecule has 0 fully saturated rings. The second-order valence-corrected chi connectivity index (χ2v) is 7.38. The summed E-state index contributed by atoms with van der Waals surface area (Å²) in [4.78, 5) is 36.4. The van der Waals surface area contributed by atoms with Gasteiger partial charge in [0, 0.05) is 5.69 Å². The van der Waals surface area contributed by atoms with Crippen molar-refractivity contribution in [2.75, 3.05) is 0 Å². The first-order valence-electron chi connectivity index (χ1n) is 9.61. The smallest absolute Gasteiger partial charge is 0.297 e. The number of alkyl halides is 1. The number of nitrogens with one attached hydrogen (secondary N) is 1. The van der Waals surface area contributed by atoms with Crippen LogP contribution in [0.4, 0.5) is 4.39 Å². The number of hydrogen-bond acceptors (Lipinski definition) is 6. The lowest BCUT2D eigenvalue weighted by atomic mass is 10.1. The SMILES string of the molecule is Cc1nc(C)c(Cn2cnc([C@@H](C)F)c(Oc3c(C)cc(C#N)cc3C)c2=O)c(=O)[nH]1.